The fraction of sp³-hybridized carbons (Fsp3) is 0. The van der Waals surface area contributed by atoms with Crippen molar-refractivity contribution in [3.63, 3.8) is 0 Å². The Morgan fingerprint density at radius 3 is 0.888 bits per heavy atom. The number of fused-ring (bicyclic) bond motifs is 2. The van der Waals surface area contributed by atoms with Gasteiger partial charge in [0.1, 0.15) is 0 Å². The van der Waals surface area contributed by atoms with Gasteiger partial charge in [0.15, 0.2) is 17.5 Å². The normalized spacial score (nSPS) is 11.5. The molecule has 546 valence electrons. The number of hydrogen-bond donors (Lipinski definition) is 0. The number of benzene rings is 14. The summed E-state index contributed by atoms with van der Waals surface area (Å²) in [5, 5.41) is 4.61. The third kappa shape index (κ3) is 16.4. The predicted molar refractivity (Wildman–Crippen MR) is 476 cm³/mol. The highest BCUT2D eigenvalue weighted by molar-refractivity contribution is 5.98. The van der Waals surface area contributed by atoms with E-state index in [-0.39, 0.29) is 23.5 Å². The van der Waals surface area contributed by atoms with Gasteiger partial charge in [-0.2, -0.15) is 0 Å². The molecule has 20 rings (SSSR count). The quantitative estimate of drug-likeness (QED) is 0.0989. The van der Waals surface area contributed by atoms with Crippen molar-refractivity contribution in [3.05, 3.63) is 444 Å². The van der Waals surface area contributed by atoms with Crippen LogP contribution in [0.1, 0.15) is 6.85 Å². The number of aromatic nitrogens is 9. The zero-order valence-electron chi connectivity index (χ0n) is 67.8. The topological polar surface area (TPSA) is 116 Å². The Morgan fingerprint density at radius 1 is 0.172 bits per heavy atom. The molecule has 0 unspecified atom stereocenters. The van der Waals surface area contributed by atoms with Crippen molar-refractivity contribution in [2.45, 2.75) is 0 Å². The standard InChI is InChI=1S/2C37H25N3.C33H23N3/c1-3-11-26(12-4-1)28-16-9-18-30(21-28)35-23-36(40-37(39-35)27-13-5-2-6-14-27)31-19-10-17-29(22-31)34-25-38-24-32-15-7-8-20-33(32)34;1-2-10-26(11-3-1)28-14-6-16-30(22-28)35-24-36(31-17-7-15-29(23-31)32-18-9-21-38-25-32)40-37(39-35)34-20-8-13-27-12-4-5-19-33(27)34;1-3-10-24(11-4-1)26-14-7-16-28(20-26)31-22-32(36-33(35-31)25-12-5-2-6-13-25)29-17-8-15-27(21-29)30-18-9-19-34-23-30/h2*1-25H;1-23H/i;;2D,5D,6D,12D,13D. The van der Waals surface area contributed by atoms with E-state index < -0.39 is 18.1 Å². The van der Waals surface area contributed by atoms with Gasteiger partial charge in [0.25, 0.3) is 0 Å². The van der Waals surface area contributed by atoms with Crippen LogP contribution in [0.25, 0.3) is 190 Å². The first-order valence-corrected chi connectivity index (χ1v) is 38.2. The highest BCUT2D eigenvalue weighted by Crippen LogP contribution is 2.39. The second kappa shape index (κ2) is 33.9. The summed E-state index contributed by atoms with van der Waals surface area (Å²) in [6, 6.07) is 126. The lowest BCUT2D eigenvalue weighted by Gasteiger charge is -2.12. The molecular formula is C107H73N9. The van der Waals surface area contributed by atoms with Gasteiger partial charge < -0.3 is 0 Å². The molecule has 0 saturated heterocycles. The van der Waals surface area contributed by atoms with Crippen LogP contribution in [0.2, 0.25) is 0 Å². The van der Waals surface area contributed by atoms with Crippen LogP contribution in [-0.4, -0.2) is 44.9 Å². The van der Waals surface area contributed by atoms with Crippen molar-refractivity contribution in [1.29, 1.82) is 0 Å². The van der Waals surface area contributed by atoms with Crippen molar-refractivity contribution >= 4 is 21.5 Å². The summed E-state index contributed by atoms with van der Waals surface area (Å²) in [5.41, 5.74) is 25.4. The molecule has 6 heterocycles. The predicted octanol–water partition coefficient (Wildman–Crippen LogP) is 26.9. The highest BCUT2D eigenvalue weighted by Gasteiger charge is 2.19. The van der Waals surface area contributed by atoms with Crippen LogP contribution in [0.15, 0.2) is 444 Å². The number of nitrogens with zero attached hydrogens (tertiary/aromatic N) is 9. The monoisotopic (exact) mass is 1490 g/mol. The maximum absolute atomic E-state index is 8.56. The van der Waals surface area contributed by atoms with Crippen LogP contribution >= 0.6 is 0 Å². The van der Waals surface area contributed by atoms with Gasteiger partial charge in [0.2, 0.25) is 0 Å². The third-order valence-corrected chi connectivity index (χ3v) is 20.2. The maximum Gasteiger partial charge on any atom is 0.161 e. The van der Waals surface area contributed by atoms with Gasteiger partial charge in [-0.05, 0) is 133 Å². The van der Waals surface area contributed by atoms with Crippen molar-refractivity contribution in [1.82, 2.24) is 44.9 Å². The fourth-order valence-corrected chi connectivity index (χ4v) is 14.4. The summed E-state index contributed by atoms with van der Waals surface area (Å²) in [6.07, 6.45) is 11.1. The highest BCUT2D eigenvalue weighted by atomic mass is 14.9. The van der Waals surface area contributed by atoms with E-state index in [0.717, 1.165) is 134 Å². The maximum atomic E-state index is 8.56. The van der Waals surface area contributed by atoms with Crippen LogP contribution in [0.3, 0.4) is 0 Å². The van der Waals surface area contributed by atoms with Crippen LogP contribution < -0.4 is 0 Å². The van der Waals surface area contributed by atoms with Crippen LogP contribution in [0, 0.1) is 0 Å². The second-order valence-corrected chi connectivity index (χ2v) is 27.8. The van der Waals surface area contributed by atoms with Crippen molar-refractivity contribution in [3.8, 4) is 168 Å². The minimum Gasteiger partial charge on any atom is -0.264 e. The molecule has 0 aliphatic heterocycles. The summed E-state index contributed by atoms with van der Waals surface area (Å²) >= 11 is 0. The Hall–Kier alpha value is -15.7. The summed E-state index contributed by atoms with van der Waals surface area (Å²) < 4.78 is 41.5. The van der Waals surface area contributed by atoms with E-state index in [1.165, 1.54) is 21.9 Å². The average Bonchev–Trinajstić information content (AvgIpc) is 0.769. The molecule has 0 saturated carbocycles. The van der Waals surface area contributed by atoms with Crippen LogP contribution in [-0.2, 0) is 0 Å². The molecular weight excluding hydrogens is 1410 g/mol. The Bertz CT molecular complexity index is 6910. The first-order chi connectivity index (χ1) is 59.5. The molecule has 0 aliphatic carbocycles. The molecule has 0 bridgehead atoms. The molecule has 14 aromatic carbocycles. The minimum absolute atomic E-state index is 0.0401. The SMILES string of the molecule is [2H]c1c([2H])c([2H])c(-c2nc(-c3cccc(-c4ccccc4)c3)cc(-c3cccc(-c4cccnc4)c3)n2)c([2H])c1[2H].c1ccc(-c2cccc(-c3cc(-c4cccc(-c5cccnc5)c4)nc(-c4cccc5ccccc45)n3)c2)cc1.c1ccc(-c2cccc(-c3cc(-c4cccc(-c5cncc6ccccc56)c4)nc(-c4ccccc4)n3)c2)cc1. The fourth-order valence-electron chi connectivity index (χ4n) is 14.4. The molecule has 0 spiro atoms. The van der Waals surface area contributed by atoms with Gasteiger partial charge in [-0.1, -0.05) is 340 Å². The van der Waals surface area contributed by atoms with E-state index in [1.54, 1.807) is 18.6 Å². The van der Waals surface area contributed by atoms with Gasteiger partial charge in [0.05, 0.1) is 41.0 Å². The average molecular weight is 1490 g/mol. The van der Waals surface area contributed by atoms with Gasteiger partial charge in [0, 0.05) is 109 Å². The van der Waals surface area contributed by atoms with Crippen LogP contribution in [0.5, 0.6) is 0 Å². The first-order valence-electron chi connectivity index (χ1n) is 40.7. The van der Waals surface area contributed by atoms with Crippen LogP contribution in [0.4, 0.5) is 0 Å². The van der Waals surface area contributed by atoms with E-state index >= 15 is 0 Å². The number of hydrogen-bond acceptors (Lipinski definition) is 9. The lowest BCUT2D eigenvalue weighted by atomic mass is 9.97. The zero-order valence-corrected chi connectivity index (χ0v) is 62.8. The van der Waals surface area contributed by atoms with Crippen molar-refractivity contribution in [2.75, 3.05) is 0 Å². The molecule has 0 radical (unpaired) electrons. The van der Waals surface area contributed by atoms with E-state index in [2.05, 4.69) is 252 Å². The zero-order chi connectivity index (χ0) is 82.0. The van der Waals surface area contributed by atoms with Crippen molar-refractivity contribution < 1.29 is 6.85 Å². The van der Waals surface area contributed by atoms with E-state index in [0.29, 0.717) is 23.0 Å². The van der Waals surface area contributed by atoms with Gasteiger partial charge in [-0.3, -0.25) is 15.0 Å². The summed E-state index contributed by atoms with van der Waals surface area (Å²) in [7, 11) is 0. The molecule has 6 aromatic heterocycles. The molecule has 20 aromatic rings. The summed E-state index contributed by atoms with van der Waals surface area (Å²) in [6.45, 7) is 0. The lowest BCUT2D eigenvalue weighted by Crippen LogP contribution is -1.97. The Balaban J connectivity index is 0.000000124. The molecule has 0 N–H and O–H groups in total. The summed E-state index contributed by atoms with van der Waals surface area (Å²) in [5.74, 6) is 1.48. The minimum atomic E-state index is -0.458. The van der Waals surface area contributed by atoms with E-state index in [1.807, 2.05) is 158 Å². The first kappa shape index (κ1) is 66.1. The van der Waals surface area contributed by atoms with Gasteiger partial charge in [-0.25, -0.2) is 29.9 Å². The number of rotatable bonds is 15. The molecule has 0 aliphatic rings. The largest absolute Gasteiger partial charge is 0.264 e. The van der Waals surface area contributed by atoms with E-state index in [4.69, 9.17) is 36.8 Å². The molecule has 0 fully saturated rings. The van der Waals surface area contributed by atoms with Crippen molar-refractivity contribution in [2.24, 2.45) is 0 Å². The second-order valence-electron chi connectivity index (χ2n) is 27.8. The Morgan fingerprint density at radius 2 is 0.474 bits per heavy atom. The summed E-state index contributed by atoms with van der Waals surface area (Å²) in [4.78, 5) is 42.9. The Kier molecular flexibility index (Phi) is 19.3. The van der Waals surface area contributed by atoms with Gasteiger partial charge in [-0.15, -0.1) is 0 Å². The third-order valence-electron chi connectivity index (χ3n) is 20.2. The molecule has 0 amide bonds. The smallest absolute Gasteiger partial charge is 0.161 e. The Labute approximate surface area is 681 Å². The molecule has 116 heavy (non-hydrogen) atoms. The molecule has 9 nitrogen and oxygen atoms in total. The lowest BCUT2D eigenvalue weighted by molar-refractivity contribution is 1.18. The molecule has 9 heteroatoms. The molecule has 0 atom stereocenters. The number of pyridine rings is 3. The van der Waals surface area contributed by atoms with E-state index in [9.17, 15) is 0 Å². The van der Waals surface area contributed by atoms with Gasteiger partial charge >= 0.3 is 0 Å².